The second-order valence-electron chi connectivity index (χ2n) is 2.22. The number of phenolic OH excluding ortho intramolecular Hbond substituents is 1. The van der Waals surface area contributed by atoms with Crippen molar-refractivity contribution in [3.63, 3.8) is 0 Å². The van der Waals surface area contributed by atoms with E-state index in [1.54, 1.807) is 6.07 Å². The molecule has 0 aliphatic heterocycles. The first kappa shape index (κ1) is 9.00. The van der Waals surface area contributed by atoms with Crippen LogP contribution in [0.4, 0.5) is 5.69 Å². The fourth-order valence-corrected chi connectivity index (χ4v) is 0.943. The number of methoxy groups -OCH3 is 1. The van der Waals surface area contributed by atoms with Gasteiger partial charge in [0.1, 0.15) is 6.07 Å². The molecule has 0 spiro atoms. The zero-order valence-electron chi connectivity index (χ0n) is 6.81. The van der Waals surface area contributed by atoms with Crippen LogP contribution < -0.4 is 4.74 Å². The maximum Gasteiger partial charge on any atom is 0.191 e. The summed E-state index contributed by atoms with van der Waals surface area (Å²) in [6.07, 6.45) is 0. The molecule has 0 bridgehead atoms. The summed E-state index contributed by atoms with van der Waals surface area (Å²) >= 11 is 0. The van der Waals surface area contributed by atoms with Crippen molar-refractivity contribution in [2.75, 3.05) is 7.11 Å². The van der Waals surface area contributed by atoms with Crippen LogP contribution in [0, 0.1) is 16.2 Å². The molecule has 0 amide bonds. The quantitative estimate of drug-likeness (QED) is 0.698. The van der Waals surface area contributed by atoms with Crippen LogP contribution >= 0.6 is 0 Å². The van der Waals surface area contributed by atoms with Crippen LogP contribution in [0.5, 0.6) is 11.5 Å². The van der Waals surface area contributed by atoms with E-state index in [0.717, 1.165) is 0 Å². The minimum atomic E-state index is -0.212. The number of nitriles is 1. The Balaban J connectivity index is 3.47. The van der Waals surface area contributed by atoms with Gasteiger partial charge in [0.15, 0.2) is 17.2 Å². The summed E-state index contributed by atoms with van der Waals surface area (Å²) in [5.41, 5.74) is -0.102. The van der Waals surface area contributed by atoms with Gasteiger partial charge in [-0.3, -0.25) is 0 Å². The number of nitrogens with zero attached hydrogens (tertiary/aromatic N) is 2. The smallest absolute Gasteiger partial charge is 0.191 e. The lowest BCUT2D eigenvalue weighted by Crippen LogP contribution is -1.86. The van der Waals surface area contributed by atoms with Gasteiger partial charge in [0.05, 0.1) is 12.7 Å². The summed E-state index contributed by atoms with van der Waals surface area (Å²) in [4.78, 5) is 10.3. The summed E-state index contributed by atoms with van der Waals surface area (Å²) in [5, 5.41) is 20.4. The molecule has 0 saturated carbocycles. The summed E-state index contributed by atoms with van der Waals surface area (Å²) in [6, 6.07) is 4.33. The van der Waals surface area contributed by atoms with Gasteiger partial charge in [-0.25, -0.2) is 0 Å². The third-order valence-corrected chi connectivity index (χ3v) is 1.53. The molecule has 0 unspecified atom stereocenters. The van der Waals surface area contributed by atoms with Gasteiger partial charge in [-0.15, -0.1) is 4.91 Å². The average molecular weight is 178 g/mol. The molecule has 66 valence electrons. The predicted molar refractivity (Wildman–Crippen MR) is 44.8 cm³/mol. The molecule has 1 aromatic rings. The molecule has 0 aliphatic carbocycles. The van der Waals surface area contributed by atoms with E-state index in [-0.39, 0.29) is 22.7 Å². The largest absolute Gasteiger partial charge is 0.504 e. The number of hydrogen-bond donors (Lipinski definition) is 1. The highest BCUT2D eigenvalue weighted by molar-refractivity contribution is 5.67. The maximum absolute atomic E-state index is 10.3. The highest BCUT2D eigenvalue weighted by Gasteiger charge is 2.13. The van der Waals surface area contributed by atoms with E-state index in [9.17, 15) is 10.0 Å². The summed E-state index contributed by atoms with van der Waals surface area (Å²) in [7, 11) is 1.28. The standard InChI is InChI=1S/C8H6N2O3/c1-13-8-6(11)3-2-5(4-9)7(8)10-12/h2-3,11H,1H3. The lowest BCUT2D eigenvalue weighted by molar-refractivity contribution is 0.374. The van der Waals surface area contributed by atoms with Gasteiger partial charge in [0, 0.05) is 0 Å². The molecule has 0 atom stereocenters. The molecular weight excluding hydrogens is 172 g/mol. The van der Waals surface area contributed by atoms with Crippen molar-refractivity contribution in [2.24, 2.45) is 5.18 Å². The van der Waals surface area contributed by atoms with Crippen LogP contribution in [-0.2, 0) is 0 Å². The van der Waals surface area contributed by atoms with Crippen molar-refractivity contribution in [1.82, 2.24) is 0 Å². The van der Waals surface area contributed by atoms with Gasteiger partial charge >= 0.3 is 0 Å². The average Bonchev–Trinajstić information content (AvgIpc) is 2.17. The van der Waals surface area contributed by atoms with Gasteiger partial charge in [0.25, 0.3) is 0 Å². The Hall–Kier alpha value is -2.09. The molecule has 0 aliphatic rings. The molecular formula is C8H6N2O3. The zero-order chi connectivity index (χ0) is 9.84. The van der Waals surface area contributed by atoms with Gasteiger partial charge in [-0.05, 0) is 17.3 Å². The van der Waals surface area contributed by atoms with Crippen molar-refractivity contribution in [3.05, 3.63) is 22.6 Å². The highest BCUT2D eigenvalue weighted by atomic mass is 16.5. The molecule has 0 aromatic heterocycles. The molecule has 5 nitrogen and oxygen atoms in total. The van der Waals surface area contributed by atoms with E-state index in [2.05, 4.69) is 5.18 Å². The molecule has 5 heteroatoms. The number of nitroso groups, excluding NO2 is 1. The summed E-state index contributed by atoms with van der Waals surface area (Å²) < 4.78 is 4.71. The van der Waals surface area contributed by atoms with Crippen LogP contribution in [-0.4, -0.2) is 12.2 Å². The van der Waals surface area contributed by atoms with E-state index in [1.165, 1.54) is 19.2 Å². The Labute approximate surface area is 74.2 Å². The van der Waals surface area contributed by atoms with Crippen molar-refractivity contribution >= 4 is 5.69 Å². The molecule has 0 radical (unpaired) electrons. The van der Waals surface area contributed by atoms with E-state index in [1.807, 2.05) is 0 Å². The lowest BCUT2D eigenvalue weighted by Gasteiger charge is -2.04. The third-order valence-electron chi connectivity index (χ3n) is 1.53. The Bertz CT molecular complexity index is 382. The SMILES string of the molecule is COc1c(O)ccc(C#N)c1N=O. The lowest BCUT2D eigenvalue weighted by atomic mass is 10.1. The Morgan fingerprint density at radius 3 is 2.77 bits per heavy atom. The van der Waals surface area contributed by atoms with Gasteiger partial charge in [-0.2, -0.15) is 5.26 Å². The predicted octanol–water partition coefficient (Wildman–Crippen LogP) is 1.67. The number of phenols is 1. The number of hydrogen-bond acceptors (Lipinski definition) is 5. The first-order valence-electron chi connectivity index (χ1n) is 3.38. The Morgan fingerprint density at radius 2 is 2.31 bits per heavy atom. The molecule has 0 fully saturated rings. The van der Waals surface area contributed by atoms with Crippen LogP contribution in [0.2, 0.25) is 0 Å². The van der Waals surface area contributed by atoms with E-state index in [4.69, 9.17) is 10.00 Å². The summed E-state index contributed by atoms with van der Waals surface area (Å²) in [6.45, 7) is 0. The minimum Gasteiger partial charge on any atom is -0.504 e. The van der Waals surface area contributed by atoms with Crippen LogP contribution in [0.15, 0.2) is 17.3 Å². The van der Waals surface area contributed by atoms with Crippen molar-refractivity contribution < 1.29 is 9.84 Å². The van der Waals surface area contributed by atoms with Crippen LogP contribution in [0.25, 0.3) is 0 Å². The fraction of sp³-hybridized carbons (Fsp3) is 0.125. The number of benzene rings is 1. The number of aromatic hydroxyl groups is 1. The molecule has 0 saturated heterocycles. The number of ether oxygens (including phenoxy) is 1. The van der Waals surface area contributed by atoms with Crippen molar-refractivity contribution in [1.29, 1.82) is 5.26 Å². The minimum absolute atomic E-state index is 0.0738. The van der Waals surface area contributed by atoms with E-state index in [0.29, 0.717) is 0 Å². The van der Waals surface area contributed by atoms with Crippen molar-refractivity contribution in [3.8, 4) is 17.6 Å². The molecule has 0 heterocycles. The van der Waals surface area contributed by atoms with Gasteiger partial charge in [-0.1, -0.05) is 0 Å². The molecule has 13 heavy (non-hydrogen) atoms. The zero-order valence-corrected chi connectivity index (χ0v) is 6.81. The summed E-state index contributed by atoms with van der Waals surface area (Å²) in [5.74, 6) is -0.287. The molecule has 1 N–H and O–H groups in total. The Kier molecular flexibility index (Phi) is 2.45. The number of rotatable bonds is 2. The second-order valence-corrected chi connectivity index (χ2v) is 2.22. The van der Waals surface area contributed by atoms with Crippen LogP contribution in [0.3, 0.4) is 0 Å². The van der Waals surface area contributed by atoms with Gasteiger partial charge < -0.3 is 9.84 Å². The molecule has 1 aromatic carbocycles. The monoisotopic (exact) mass is 178 g/mol. The fourth-order valence-electron chi connectivity index (χ4n) is 0.943. The van der Waals surface area contributed by atoms with Gasteiger partial charge in [0.2, 0.25) is 0 Å². The first-order chi connectivity index (χ1) is 6.24. The normalized spacial score (nSPS) is 8.92. The highest BCUT2D eigenvalue weighted by Crippen LogP contribution is 2.38. The molecule has 1 rings (SSSR count). The topological polar surface area (TPSA) is 82.7 Å². The maximum atomic E-state index is 10.3. The van der Waals surface area contributed by atoms with Crippen LogP contribution in [0.1, 0.15) is 5.56 Å². The van der Waals surface area contributed by atoms with E-state index >= 15 is 0 Å². The van der Waals surface area contributed by atoms with E-state index < -0.39 is 0 Å². The first-order valence-corrected chi connectivity index (χ1v) is 3.38. The third kappa shape index (κ3) is 1.42. The van der Waals surface area contributed by atoms with Crippen molar-refractivity contribution in [2.45, 2.75) is 0 Å². The second kappa shape index (κ2) is 3.54. The Morgan fingerprint density at radius 1 is 1.62 bits per heavy atom.